The lowest BCUT2D eigenvalue weighted by Gasteiger charge is -2.22. The van der Waals surface area contributed by atoms with Gasteiger partial charge in [-0.05, 0) is 0 Å². The maximum atomic E-state index is 11.5. The number of urea groups is 1. The van der Waals surface area contributed by atoms with Gasteiger partial charge in [0.15, 0.2) is 6.04 Å². The fourth-order valence-electron chi connectivity index (χ4n) is 0.978. The molecule has 0 aliphatic carbocycles. The number of carbonyl (C=O) groups is 2. The normalized spacial score (nSPS) is 11.6. The summed E-state index contributed by atoms with van der Waals surface area (Å²) in [5, 5.41) is 28.1. The highest BCUT2D eigenvalue weighted by atomic mass is 16.4. The number of aliphatic carboxylic acids is 1. The van der Waals surface area contributed by atoms with E-state index in [4.69, 9.17) is 15.3 Å². The van der Waals surface area contributed by atoms with Crippen LogP contribution in [0.1, 0.15) is 0 Å². The zero-order chi connectivity index (χ0) is 12.6. The van der Waals surface area contributed by atoms with Crippen molar-refractivity contribution in [2.24, 2.45) is 0 Å². The molecule has 0 fully saturated rings. The maximum Gasteiger partial charge on any atom is 0.328 e. The van der Waals surface area contributed by atoms with E-state index in [2.05, 4.69) is 11.9 Å². The molecule has 92 valence electrons. The number of carboxylic acids is 1. The Kier molecular flexibility index (Phi) is 6.89. The fraction of sp³-hybridized carbons (Fsp3) is 0.556. The van der Waals surface area contributed by atoms with E-state index in [9.17, 15) is 9.59 Å². The summed E-state index contributed by atoms with van der Waals surface area (Å²) in [5.41, 5.74) is 0. The number of hydrogen-bond donors (Lipinski definition) is 4. The lowest BCUT2D eigenvalue weighted by molar-refractivity contribution is -0.140. The second-order valence-corrected chi connectivity index (χ2v) is 2.98. The Morgan fingerprint density at radius 2 is 2.06 bits per heavy atom. The third-order valence-corrected chi connectivity index (χ3v) is 1.78. The molecule has 4 N–H and O–H groups in total. The lowest BCUT2D eigenvalue weighted by Crippen LogP contribution is -2.50. The van der Waals surface area contributed by atoms with Gasteiger partial charge in [0.25, 0.3) is 0 Å². The molecule has 7 nitrogen and oxygen atoms in total. The second kappa shape index (κ2) is 7.66. The SMILES string of the molecule is C=CCN(CCO)C(=O)N[C@H](CO)C(=O)O. The van der Waals surface area contributed by atoms with Crippen molar-refractivity contribution < 1.29 is 24.9 Å². The van der Waals surface area contributed by atoms with Crippen molar-refractivity contribution in [2.45, 2.75) is 6.04 Å². The first-order chi connectivity index (χ1) is 7.56. The number of carbonyl (C=O) groups excluding carboxylic acids is 1. The quantitative estimate of drug-likeness (QED) is 0.404. The van der Waals surface area contributed by atoms with Crippen molar-refractivity contribution in [3.8, 4) is 0 Å². The highest BCUT2D eigenvalue weighted by Crippen LogP contribution is 1.92. The van der Waals surface area contributed by atoms with Crippen LogP contribution in [0.2, 0.25) is 0 Å². The van der Waals surface area contributed by atoms with Crippen LogP contribution in [0.5, 0.6) is 0 Å². The molecular formula is C9H16N2O5. The van der Waals surface area contributed by atoms with Crippen molar-refractivity contribution in [3.05, 3.63) is 12.7 Å². The van der Waals surface area contributed by atoms with Crippen LogP contribution in [0.25, 0.3) is 0 Å². The summed E-state index contributed by atoms with van der Waals surface area (Å²) < 4.78 is 0. The van der Waals surface area contributed by atoms with Gasteiger partial charge < -0.3 is 25.5 Å². The van der Waals surface area contributed by atoms with E-state index >= 15 is 0 Å². The molecule has 0 saturated heterocycles. The number of rotatable bonds is 7. The van der Waals surface area contributed by atoms with Crippen LogP contribution in [0, 0.1) is 0 Å². The number of aliphatic hydroxyl groups excluding tert-OH is 2. The zero-order valence-electron chi connectivity index (χ0n) is 8.80. The van der Waals surface area contributed by atoms with E-state index < -0.39 is 24.6 Å². The van der Waals surface area contributed by atoms with Crippen LogP contribution < -0.4 is 5.32 Å². The third-order valence-electron chi connectivity index (χ3n) is 1.78. The van der Waals surface area contributed by atoms with Gasteiger partial charge in [-0.15, -0.1) is 6.58 Å². The van der Waals surface area contributed by atoms with Crippen LogP contribution in [-0.2, 0) is 4.79 Å². The molecule has 16 heavy (non-hydrogen) atoms. The van der Waals surface area contributed by atoms with E-state index in [-0.39, 0.29) is 19.7 Å². The summed E-state index contributed by atoms with van der Waals surface area (Å²) in [6, 6.07) is -2.02. The maximum absolute atomic E-state index is 11.5. The largest absolute Gasteiger partial charge is 0.480 e. The Hall–Kier alpha value is -1.60. The molecule has 0 unspecified atom stereocenters. The molecule has 0 radical (unpaired) electrons. The number of amides is 2. The van der Waals surface area contributed by atoms with Gasteiger partial charge in [0, 0.05) is 13.1 Å². The topological polar surface area (TPSA) is 110 Å². The number of aliphatic hydroxyl groups is 2. The molecule has 0 aromatic rings. The van der Waals surface area contributed by atoms with Gasteiger partial charge in [0.1, 0.15) is 0 Å². The van der Waals surface area contributed by atoms with Crippen LogP contribution in [0.15, 0.2) is 12.7 Å². The van der Waals surface area contributed by atoms with E-state index in [0.29, 0.717) is 0 Å². The number of hydrogen-bond acceptors (Lipinski definition) is 4. The average Bonchev–Trinajstić information content (AvgIpc) is 2.24. The molecule has 2 amide bonds. The van der Waals surface area contributed by atoms with E-state index in [1.807, 2.05) is 0 Å². The van der Waals surface area contributed by atoms with Gasteiger partial charge in [0.2, 0.25) is 0 Å². The minimum absolute atomic E-state index is 0.0651. The highest BCUT2D eigenvalue weighted by Gasteiger charge is 2.21. The monoisotopic (exact) mass is 232 g/mol. The van der Waals surface area contributed by atoms with Crippen molar-refractivity contribution in [1.82, 2.24) is 10.2 Å². The molecule has 0 rings (SSSR count). The molecular weight excluding hydrogens is 216 g/mol. The molecule has 0 heterocycles. The molecule has 0 aromatic heterocycles. The molecule has 0 aliphatic heterocycles. The Morgan fingerprint density at radius 3 is 2.44 bits per heavy atom. The summed E-state index contributed by atoms with van der Waals surface area (Å²) >= 11 is 0. The molecule has 1 atom stereocenters. The van der Waals surface area contributed by atoms with Crippen LogP contribution in [0.3, 0.4) is 0 Å². The van der Waals surface area contributed by atoms with Gasteiger partial charge in [0.05, 0.1) is 13.2 Å². The van der Waals surface area contributed by atoms with Gasteiger partial charge in [-0.3, -0.25) is 0 Å². The van der Waals surface area contributed by atoms with Gasteiger partial charge in [-0.2, -0.15) is 0 Å². The van der Waals surface area contributed by atoms with Crippen LogP contribution in [-0.4, -0.2) is 64.6 Å². The van der Waals surface area contributed by atoms with Crippen LogP contribution >= 0.6 is 0 Å². The predicted molar refractivity (Wildman–Crippen MR) is 55.9 cm³/mol. The Balaban J connectivity index is 4.37. The predicted octanol–water partition coefficient (Wildman–Crippen LogP) is -1.38. The first-order valence-corrected chi connectivity index (χ1v) is 4.67. The Morgan fingerprint density at radius 1 is 1.44 bits per heavy atom. The van der Waals surface area contributed by atoms with E-state index in [1.165, 1.54) is 11.0 Å². The molecule has 0 spiro atoms. The number of carboxylic acid groups (broad SMARTS) is 1. The standard InChI is InChI=1S/C9H16N2O5/c1-2-3-11(4-5-12)9(16)10-7(6-13)8(14)15/h2,7,12-13H,1,3-6H2,(H,10,16)(H,14,15)/t7-/m1/s1. The summed E-state index contributed by atoms with van der Waals surface area (Å²) in [6.07, 6.45) is 1.45. The summed E-state index contributed by atoms with van der Waals surface area (Å²) in [5.74, 6) is -1.32. The van der Waals surface area contributed by atoms with Crippen LogP contribution in [0.4, 0.5) is 4.79 Å². The number of nitrogens with one attached hydrogen (secondary N) is 1. The van der Waals surface area contributed by atoms with E-state index in [0.717, 1.165) is 0 Å². The average molecular weight is 232 g/mol. The highest BCUT2D eigenvalue weighted by molar-refractivity contribution is 5.82. The van der Waals surface area contributed by atoms with E-state index in [1.54, 1.807) is 0 Å². The van der Waals surface area contributed by atoms with Crippen molar-refractivity contribution in [3.63, 3.8) is 0 Å². The van der Waals surface area contributed by atoms with Gasteiger partial charge in [-0.1, -0.05) is 6.08 Å². The zero-order valence-corrected chi connectivity index (χ0v) is 8.80. The minimum Gasteiger partial charge on any atom is -0.480 e. The fourth-order valence-corrected chi connectivity index (χ4v) is 0.978. The smallest absolute Gasteiger partial charge is 0.328 e. The van der Waals surface area contributed by atoms with Gasteiger partial charge in [-0.25, -0.2) is 9.59 Å². The minimum atomic E-state index is -1.35. The first-order valence-electron chi connectivity index (χ1n) is 4.67. The molecule has 0 saturated carbocycles. The second-order valence-electron chi connectivity index (χ2n) is 2.98. The lowest BCUT2D eigenvalue weighted by atomic mass is 10.3. The van der Waals surface area contributed by atoms with Crippen molar-refractivity contribution in [1.29, 1.82) is 0 Å². The molecule has 0 bridgehead atoms. The summed E-state index contributed by atoms with van der Waals surface area (Å²) in [4.78, 5) is 23.2. The van der Waals surface area contributed by atoms with Gasteiger partial charge >= 0.3 is 12.0 Å². The molecule has 0 aromatic carbocycles. The van der Waals surface area contributed by atoms with Crippen molar-refractivity contribution >= 4 is 12.0 Å². The number of nitrogens with zero attached hydrogens (tertiary/aromatic N) is 1. The molecule has 0 aliphatic rings. The Bertz CT molecular complexity index is 256. The first kappa shape index (κ1) is 14.4. The molecule has 7 heteroatoms. The summed E-state index contributed by atoms with van der Waals surface area (Å²) in [7, 11) is 0. The third kappa shape index (κ3) is 4.76. The Labute approximate surface area is 93.0 Å². The summed E-state index contributed by atoms with van der Waals surface area (Å²) in [6.45, 7) is 2.75. The van der Waals surface area contributed by atoms with Crippen molar-refractivity contribution in [2.75, 3.05) is 26.3 Å².